The van der Waals surface area contributed by atoms with Crippen LogP contribution in [0.25, 0.3) is 0 Å². The fraction of sp³-hybridized carbons (Fsp3) is 0.500. The normalized spacial score (nSPS) is 12.5. The summed E-state index contributed by atoms with van der Waals surface area (Å²) < 4.78 is 0.795. The van der Waals surface area contributed by atoms with Gasteiger partial charge in [-0.25, -0.2) is 0 Å². The van der Waals surface area contributed by atoms with E-state index in [9.17, 15) is 4.79 Å². The Kier molecular flexibility index (Phi) is 6.84. The van der Waals surface area contributed by atoms with Gasteiger partial charge in [-0.05, 0) is 59.2 Å². The van der Waals surface area contributed by atoms with E-state index in [2.05, 4.69) is 34.6 Å². The number of hydrogen-bond donors (Lipinski definition) is 1. The number of nitrogens with zero attached hydrogens (tertiary/aromatic N) is 3. The van der Waals surface area contributed by atoms with E-state index >= 15 is 0 Å². The maximum absolute atomic E-state index is 12.7. The molecule has 0 aliphatic rings. The summed E-state index contributed by atoms with van der Waals surface area (Å²) in [5.41, 5.74) is 2.17. The van der Waals surface area contributed by atoms with E-state index < -0.39 is 0 Å². The van der Waals surface area contributed by atoms with Crippen molar-refractivity contribution in [2.75, 3.05) is 5.32 Å². The lowest BCUT2D eigenvalue weighted by Crippen LogP contribution is -2.45. The minimum Gasteiger partial charge on any atom is -0.337 e. The zero-order chi connectivity index (χ0) is 18.6. The van der Waals surface area contributed by atoms with E-state index in [1.54, 1.807) is 0 Å². The third kappa shape index (κ3) is 5.44. The van der Waals surface area contributed by atoms with Gasteiger partial charge in [0.1, 0.15) is 0 Å². The summed E-state index contributed by atoms with van der Waals surface area (Å²) in [6, 6.07) is 8.48. The number of amides is 1. The molecule has 0 aliphatic heterocycles. The van der Waals surface area contributed by atoms with Crippen molar-refractivity contribution in [1.29, 1.82) is 0 Å². The zero-order valence-corrected chi connectivity index (χ0v) is 17.2. The SMILES string of the molecule is Cc1cccc(Nc2nnc(S[C@H](C)C(=O)N(C(C)C)C(C)C)s2)c1. The van der Waals surface area contributed by atoms with Crippen molar-refractivity contribution in [2.24, 2.45) is 0 Å². The van der Waals surface area contributed by atoms with E-state index in [4.69, 9.17) is 0 Å². The van der Waals surface area contributed by atoms with Crippen LogP contribution in [0.3, 0.4) is 0 Å². The first-order chi connectivity index (χ1) is 11.8. The second-order valence-corrected chi connectivity index (χ2v) is 9.13. The fourth-order valence-electron chi connectivity index (χ4n) is 2.67. The highest BCUT2D eigenvalue weighted by atomic mass is 32.2. The monoisotopic (exact) mass is 378 g/mol. The van der Waals surface area contributed by atoms with E-state index in [0.717, 1.165) is 15.2 Å². The molecule has 25 heavy (non-hydrogen) atoms. The van der Waals surface area contributed by atoms with E-state index in [-0.39, 0.29) is 23.2 Å². The lowest BCUT2D eigenvalue weighted by molar-refractivity contribution is -0.133. The molecule has 1 N–H and O–H groups in total. The third-order valence-electron chi connectivity index (χ3n) is 3.67. The second kappa shape index (κ2) is 8.67. The van der Waals surface area contributed by atoms with Crippen LogP contribution in [-0.4, -0.2) is 38.3 Å². The number of carbonyl (C=O) groups excluding carboxylic acids is 1. The second-order valence-electron chi connectivity index (χ2n) is 6.56. The minimum absolute atomic E-state index is 0.137. The van der Waals surface area contributed by atoms with Gasteiger partial charge in [0, 0.05) is 17.8 Å². The smallest absolute Gasteiger partial charge is 0.236 e. The highest BCUT2D eigenvalue weighted by Gasteiger charge is 2.26. The number of aryl methyl sites for hydroxylation is 1. The van der Waals surface area contributed by atoms with Crippen LogP contribution in [0.4, 0.5) is 10.8 Å². The minimum atomic E-state index is -0.190. The summed E-state index contributed by atoms with van der Waals surface area (Å²) in [5.74, 6) is 0.137. The first-order valence-electron chi connectivity index (χ1n) is 8.44. The molecule has 5 nitrogen and oxygen atoms in total. The molecule has 0 saturated heterocycles. The van der Waals surface area contributed by atoms with Crippen molar-refractivity contribution in [1.82, 2.24) is 15.1 Å². The van der Waals surface area contributed by atoms with Gasteiger partial charge in [0.15, 0.2) is 4.34 Å². The summed E-state index contributed by atoms with van der Waals surface area (Å²) in [4.78, 5) is 14.6. The first kappa shape index (κ1) is 19.7. The van der Waals surface area contributed by atoms with Crippen LogP contribution in [0, 0.1) is 6.92 Å². The predicted octanol–water partition coefficient (Wildman–Crippen LogP) is 4.72. The number of carbonyl (C=O) groups is 1. The molecule has 136 valence electrons. The number of nitrogens with one attached hydrogen (secondary N) is 1. The van der Waals surface area contributed by atoms with E-state index in [1.807, 2.05) is 51.7 Å². The van der Waals surface area contributed by atoms with Crippen molar-refractivity contribution in [3.8, 4) is 0 Å². The van der Waals surface area contributed by atoms with Crippen LogP contribution in [-0.2, 0) is 4.79 Å². The molecule has 0 saturated carbocycles. The van der Waals surface area contributed by atoms with Gasteiger partial charge in [0.05, 0.1) is 5.25 Å². The maximum atomic E-state index is 12.7. The molecular formula is C18H26N4OS2. The summed E-state index contributed by atoms with van der Waals surface area (Å²) >= 11 is 2.93. The Labute approximate surface area is 158 Å². The molecule has 0 aliphatic carbocycles. The topological polar surface area (TPSA) is 58.1 Å². The summed E-state index contributed by atoms with van der Waals surface area (Å²) in [6.45, 7) is 12.2. The molecule has 0 radical (unpaired) electrons. The van der Waals surface area contributed by atoms with E-state index in [0.29, 0.717) is 0 Å². The van der Waals surface area contributed by atoms with Crippen molar-refractivity contribution < 1.29 is 4.79 Å². The average molecular weight is 379 g/mol. The van der Waals surface area contributed by atoms with Crippen molar-refractivity contribution in [2.45, 2.75) is 63.2 Å². The van der Waals surface area contributed by atoms with Gasteiger partial charge in [-0.1, -0.05) is 35.2 Å². The number of rotatable bonds is 7. The van der Waals surface area contributed by atoms with Crippen LogP contribution >= 0.6 is 23.1 Å². The van der Waals surface area contributed by atoms with Gasteiger partial charge in [-0.2, -0.15) is 0 Å². The quantitative estimate of drug-likeness (QED) is 0.707. The molecular weight excluding hydrogens is 352 g/mol. The molecule has 0 unspecified atom stereocenters. The van der Waals surface area contributed by atoms with Crippen LogP contribution < -0.4 is 5.32 Å². The Morgan fingerprint density at radius 2 is 1.84 bits per heavy atom. The molecule has 1 aromatic heterocycles. The van der Waals surface area contributed by atoms with Gasteiger partial charge in [-0.15, -0.1) is 10.2 Å². The van der Waals surface area contributed by atoms with Gasteiger partial charge < -0.3 is 10.2 Å². The average Bonchev–Trinajstić information content (AvgIpc) is 2.93. The Morgan fingerprint density at radius 1 is 1.16 bits per heavy atom. The molecule has 0 bridgehead atoms. The summed E-state index contributed by atoms with van der Waals surface area (Å²) in [7, 11) is 0. The molecule has 1 aromatic carbocycles. The number of anilines is 2. The Morgan fingerprint density at radius 3 is 2.44 bits per heavy atom. The third-order valence-corrected chi connectivity index (χ3v) is 5.68. The number of aromatic nitrogens is 2. The number of benzene rings is 1. The van der Waals surface area contributed by atoms with Gasteiger partial charge in [0.2, 0.25) is 11.0 Å². The Hall–Kier alpha value is -1.60. The predicted molar refractivity (Wildman–Crippen MR) is 107 cm³/mol. The van der Waals surface area contributed by atoms with Gasteiger partial charge >= 0.3 is 0 Å². The summed E-state index contributed by atoms with van der Waals surface area (Å²) in [5, 5.41) is 12.2. The highest BCUT2D eigenvalue weighted by Crippen LogP contribution is 2.31. The number of hydrogen-bond acceptors (Lipinski definition) is 6. The number of thioether (sulfide) groups is 1. The molecule has 0 fully saturated rings. The molecule has 7 heteroatoms. The fourth-order valence-corrected chi connectivity index (χ4v) is 4.64. The lowest BCUT2D eigenvalue weighted by atomic mass is 10.2. The van der Waals surface area contributed by atoms with Crippen LogP contribution in [0.1, 0.15) is 40.2 Å². The maximum Gasteiger partial charge on any atom is 0.236 e. The van der Waals surface area contributed by atoms with Crippen LogP contribution in [0.2, 0.25) is 0 Å². The summed E-state index contributed by atoms with van der Waals surface area (Å²) in [6.07, 6.45) is 0. The standard InChI is InChI=1S/C18H26N4OS2/c1-11(2)22(12(3)4)16(23)14(6)24-18-21-20-17(25-18)19-15-9-7-8-13(5)10-15/h7-12,14H,1-6H3,(H,19,20)/t14-/m1/s1. The van der Waals surface area contributed by atoms with Crippen molar-refractivity contribution in [3.63, 3.8) is 0 Å². The van der Waals surface area contributed by atoms with Gasteiger partial charge in [0.25, 0.3) is 0 Å². The molecule has 1 amide bonds. The zero-order valence-electron chi connectivity index (χ0n) is 15.6. The molecule has 1 heterocycles. The van der Waals surface area contributed by atoms with Crippen molar-refractivity contribution in [3.05, 3.63) is 29.8 Å². The van der Waals surface area contributed by atoms with Crippen LogP contribution in [0.5, 0.6) is 0 Å². The molecule has 0 spiro atoms. The van der Waals surface area contributed by atoms with Crippen molar-refractivity contribution >= 4 is 39.8 Å². The Bertz CT molecular complexity index is 707. The molecule has 2 aromatic rings. The Balaban J connectivity index is 2.01. The van der Waals surface area contributed by atoms with Gasteiger partial charge in [-0.3, -0.25) is 4.79 Å². The van der Waals surface area contributed by atoms with Crippen LogP contribution in [0.15, 0.2) is 28.6 Å². The lowest BCUT2D eigenvalue weighted by Gasteiger charge is -2.32. The first-order valence-corrected chi connectivity index (χ1v) is 10.1. The highest BCUT2D eigenvalue weighted by molar-refractivity contribution is 8.02. The molecule has 2 rings (SSSR count). The largest absolute Gasteiger partial charge is 0.337 e. The molecule has 1 atom stereocenters. The van der Waals surface area contributed by atoms with E-state index in [1.165, 1.54) is 28.7 Å².